The molecule has 0 saturated heterocycles. The second-order valence-electron chi connectivity index (χ2n) is 7.15. The number of para-hydroxylation sites is 2. The summed E-state index contributed by atoms with van der Waals surface area (Å²) in [6.07, 6.45) is 7.61. The number of hydrogen-bond donors (Lipinski definition) is 1. The first-order valence-electron chi connectivity index (χ1n) is 9.99. The summed E-state index contributed by atoms with van der Waals surface area (Å²) >= 11 is 0. The fourth-order valence-corrected chi connectivity index (χ4v) is 3.55. The largest absolute Gasteiger partial charge is 0.495 e. The fourth-order valence-electron chi connectivity index (χ4n) is 3.55. The van der Waals surface area contributed by atoms with Gasteiger partial charge in [-0.15, -0.1) is 0 Å². The summed E-state index contributed by atoms with van der Waals surface area (Å²) < 4.78 is 8.60. The van der Waals surface area contributed by atoms with Crippen LogP contribution in [-0.2, 0) is 0 Å². The standard InChI is InChI=1S/C23H23N5O3/c1-4-16(17-14-27-12-7-11-24-23(27)26-17)25-21(29)20-15(2)10-13-28(22(20)30)18-8-5-6-9-19(18)31-3/h5-14,16H,4H2,1-3H3,(H,25,29). The number of aromatic nitrogens is 4. The van der Waals surface area contributed by atoms with Crippen LogP contribution in [0.5, 0.6) is 5.75 Å². The molecule has 158 valence electrons. The molecule has 0 saturated carbocycles. The van der Waals surface area contributed by atoms with Crippen molar-refractivity contribution >= 4 is 11.7 Å². The van der Waals surface area contributed by atoms with Crippen molar-refractivity contribution in [1.29, 1.82) is 0 Å². The molecule has 0 aliphatic heterocycles. The van der Waals surface area contributed by atoms with Crippen LogP contribution in [0.3, 0.4) is 0 Å². The minimum Gasteiger partial charge on any atom is -0.495 e. The lowest BCUT2D eigenvalue weighted by Crippen LogP contribution is -2.35. The van der Waals surface area contributed by atoms with Crippen molar-refractivity contribution in [2.24, 2.45) is 0 Å². The summed E-state index contributed by atoms with van der Waals surface area (Å²) in [6.45, 7) is 3.70. The van der Waals surface area contributed by atoms with Gasteiger partial charge in [-0.3, -0.25) is 18.6 Å². The highest BCUT2D eigenvalue weighted by molar-refractivity contribution is 5.95. The SMILES string of the molecule is CCC(NC(=O)c1c(C)ccn(-c2ccccc2OC)c1=O)c1cn2cccnc2n1. The number of carbonyl (C=O) groups excluding carboxylic acids is 1. The van der Waals surface area contributed by atoms with Crippen LogP contribution in [-0.4, -0.2) is 32.0 Å². The Balaban J connectivity index is 1.70. The Labute approximate surface area is 179 Å². The zero-order valence-corrected chi connectivity index (χ0v) is 17.6. The van der Waals surface area contributed by atoms with Gasteiger partial charge in [-0.25, -0.2) is 9.97 Å². The maximum Gasteiger partial charge on any atom is 0.268 e. The number of amides is 1. The molecule has 0 bridgehead atoms. The van der Waals surface area contributed by atoms with E-state index in [0.29, 0.717) is 34.9 Å². The highest BCUT2D eigenvalue weighted by Gasteiger charge is 2.22. The lowest BCUT2D eigenvalue weighted by Gasteiger charge is -2.17. The summed E-state index contributed by atoms with van der Waals surface area (Å²) in [4.78, 5) is 35.2. The van der Waals surface area contributed by atoms with Gasteiger partial charge in [0.05, 0.1) is 24.5 Å². The van der Waals surface area contributed by atoms with Crippen LogP contribution in [0.15, 0.2) is 66.0 Å². The smallest absolute Gasteiger partial charge is 0.268 e. The second kappa shape index (κ2) is 8.43. The van der Waals surface area contributed by atoms with Crippen LogP contribution in [0.4, 0.5) is 0 Å². The molecule has 0 radical (unpaired) electrons. The van der Waals surface area contributed by atoms with E-state index in [2.05, 4.69) is 15.3 Å². The minimum absolute atomic E-state index is 0.0914. The van der Waals surface area contributed by atoms with Crippen LogP contribution in [0.1, 0.15) is 41.0 Å². The highest BCUT2D eigenvalue weighted by atomic mass is 16.5. The number of imidazole rings is 1. The Hall–Kier alpha value is -3.94. The van der Waals surface area contributed by atoms with E-state index in [4.69, 9.17) is 4.74 Å². The zero-order chi connectivity index (χ0) is 22.0. The van der Waals surface area contributed by atoms with E-state index < -0.39 is 11.5 Å². The molecule has 3 heterocycles. The quantitative estimate of drug-likeness (QED) is 0.521. The Morgan fingerprint density at radius 1 is 1.19 bits per heavy atom. The molecule has 1 N–H and O–H groups in total. The molecule has 0 aliphatic rings. The Morgan fingerprint density at radius 3 is 2.74 bits per heavy atom. The molecule has 1 atom stereocenters. The molecular formula is C23H23N5O3. The van der Waals surface area contributed by atoms with E-state index in [1.54, 1.807) is 49.0 Å². The van der Waals surface area contributed by atoms with Gasteiger partial charge in [0.2, 0.25) is 5.78 Å². The van der Waals surface area contributed by atoms with Crippen LogP contribution >= 0.6 is 0 Å². The summed E-state index contributed by atoms with van der Waals surface area (Å²) in [5.74, 6) is 0.659. The number of nitrogens with zero attached hydrogens (tertiary/aromatic N) is 4. The van der Waals surface area contributed by atoms with Crippen LogP contribution in [0.2, 0.25) is 0 Å². The predicted molar refractivity (Wildman–Crippen MR) is 117 cm³/mol. The first-order chi connectivity index (χ1) is 15.0. The number of methoxy groups -OCH3 is 1. The van der Waals surface area contributed by atoms with Gasteiger partial charge in [-0.2, -0.15) is 0 Å². The van der Waals surface area contributed by atoms with E-state index in [1.807, 2.05) is 37.5 Å². The lowest BCUT2D eigenvalue weighted by molar-refractivity contribution is 0.0932. The third-order valence-corrected chi connectivity index (χ3v) is 5.20. The molecule has 4 aromatic rings. The fraction of sp³-hybridized carbons (Fsp3) is 0.217. The van der Waals surface area contributed by atoms with Gasteiger partial charge < -0.3 is 10.1 Å². The van der Waals surface area contributed by atoms with Gasteiger partial charge in [0.1, 0.15) is 11.3 Å². The van der Waals surface area contributed by atoms with E-state index >= 15 is 0 Å². The maximum absolute atomic E-state index is 13.3. The number of pyridine rings is 1. The van der Waals surface area contributed by atoms with Gasteiger partial charge in [0.15, 0.2) is 0 Å². The van der Waals surface area contributed by atoms with E-state index in [0.717, 1.165) is 0 Å². The summed E-state index contributed by atoms with van der Waals surface area (Å²) in [7, 11) is 1.54. The number of hydrogen-bond acceptors (Lipinski definition) is 5. The van der Waals surface area contributed by atoms with Gasteiger partial charge >= 0.3 is 0 Å². The van der Waals surface area contributed by atoms with Gasteiger partial charge in [-0.05, 0) is 43.2 Å². The molecule has 0 fully saturated rings. The van der Waals surface area contributed by atoms with Gasteiger partial charge in [0.25, 0.3) is 11.5 Å². The molecule has 8 nitrogen and oxygen atoms in total. The van der Waals surface area contributed by atoms with Crippen molar-refractivity contribution in [3.63, 3.8) is 0 Å². The molecular weight excluding hydrogens is 394 g/mol. The first-order valence-corrected chi connectivity index (χ1v) is 9.99. The average Bonchev–Trinajstić information content (AvgIpc) is 3.21. The normalized spacial score (nSPS) is 12.0. The molecule has 4 rings (SSSR count). The number of ether oxygens (including phenoxy) is 1. The van der Waals surface area contributed by atoms with Crippen LogP contribution in [0, 0.1) is 6.92 Å². The van der Waals surface area contributed by atoms with Crippen molar-refractivity contribution < 1.29 is 9.53 Å². The van der Waals surface area contributed by atoms with E-state index in [-0.39, 0.29) is 11.6 Å². The van der Waals surface area contributed by atoms with Crippen LogP contribution < -0.4 is 15.6 Å². The molecule has 1 amide bonds. The predicted octanol–water partition coefficient (Wildman–Crippen LogP) is 3.08. The van der Waals surface area contributed by atoms with Crippen molar-refractivity contribution in [1.82, 2.24) is 24.3 Å². The third-order valence-electron chi connectivity index (χ3n) is 5.20. The molecule has 3 aromatic heterocycles. The molecule has 1 aromatic carbocycles. The maximum atomic E-state index is 13.3. The number of benzene rings is 1. The summed E-state index contributed by atoms with van der Waals surface area (Å²) in [5.41, 5.74) is 1.54. The topological polar surface area (TPSA) is 90.5 Å². The van der Waals surface area contributed by atoms with Crippen LogP contribution in [0.25, 0.3) is 11.5 Å². The van der Waals surface area contributed by atoms with Gasteiger partial charge in [0, 0.05) is 24.8 Å². The number of fused-ring (bicyclic) bond motifs is 1. The Bertz CT molecular complexity index is 1280. The number of carbonyl (C=O) groups is 1. The second-order valence-corrected chi connectivity index (χ2v) is 7.15. The molecule has 8 heteroatoms. The van der Waals surface area contributed by atoms with E-state index in [9.17, 15) is 9.59 Å². The van der Waals surface area contributed by atoms with Gasteiger partial charge in [-0.1, -0.05) is 19.1 Å². The molecule has 0 spiro atoms. The van der Waals surface area contributed by atoms with E-state index in [1.165, 1.54) is 4.57 Å². The Kier molecular flexibility index (Phi) is 5.53. The number of rotatable bonds is 6. The minimum atomic E-state index is -0.441. The lowest BCUT2D eigenvalue weighted by atomic mass is 10.1. The zero-order valence-electron chi connectivity index (χ0n) is 17.6. The average molecular weight is 417 g/mol. The highest BCUT2D eigenvalue weighted by Crippen LogP contribution is 2.21. The monoisotopic (exact) mass is 417 g/mol. The van der Waals surface area contributed by atoms with Crippen molar-refractivity contribution in [3.05, 3.63) is 88.4 Å². The summed E-state index contributed by atoms with van der Waals surface area (Å²) in [5, 5.41) is 2.96. The van der Waals surface area contributed by atoms with Crippen molar-refractivity contribution in [3.8, 4) is 11.4 Å². The molecule has 31 heavy (non-hydrogen) atoms. The van der Waals surface area contributed by atoms with Crippen molar-refractivity contribution in [2.75, 3.05) is 7.11 Å². The first kappa shape index (κ1) is 20.3. The Morgan fingerprint density at radius 2 is 2.00 bits per heavy atom. The van der Waals surface area contributed by atoms with Crippen molar-refractivity contribution in [2.45, 2.75) is 26.3 Å². The number of nitrogens with one attached hydrogen (secondary N) is 1. The summed E-state index contributed by atoms with van der Waals surface area (Å²) in [6, 6.07) is 10.4. The molecule has 0 aliphatic carbocycles. The number of aryl methyl sites for hydroxylation is 1. The third kappa shape index (κ3) is 3.79. The molecule has 1 unspecified atom stereocenters.